The minimum atomic E-state index is -2.33. The number of carboxylic acid groups (broad SMARTS) is 1. The fourth-order valence-electron chi connectivity index (χ4n) is 8.54. The summed E-state index contributed by atoms with van der Waals surface area (Å²) in [5.74, 6) is -1.32. The molecule has 4 fully saturated rings. The lowest BCUT2D eigenvalue weighted by molar-refractivity contribution is -0.281. The molecule has 28 heavy (non-hydrogen) atoms. The molecular formula is C23H38O5. The number of aliphatic hydroxyl groups is 3. The molecule has 5 heteroatoms. The minimum absolute atomic E-state index is 0.234. The Labute approximate surface area is 168 Å². The summed E-state index contributed by atoms with van der Waals surface area (Å²) in [6.45, 7) is 4.71. The molecule has 0 heterocycles. The van der Waals surface area contributed by atoms with Crippen LogP contribution in [0.1, 0.15) is 84.5 Å². The molecule has 4 N–H and O–H groups in total. The van der Waals surface area contributed by atoms with Crippen LogP contribution in [0, 0.1) is 40.4 Å². The van der Waals surface area contributed by atoms with Gasteiger partial charge in [-0.2, -0.15) is 0 Å². The third kappa shape index (κ3) is 2.95. The van der Waals surface area contributed by atoms with E-state index in [0.29, 0.717) is 23.7 Å². The van der Waals surface area contributed by atoms with Crippen molar-refractivity contribution >= 4 is 5.97 Å². The maximum atomic E-state index is 11.0. The summed E-state index contributed by atoms with van der Waals surface area (Å²) in [7, 11) is 0. The second-order valence-corrected chi connectivity index (χ2v) is 11.0. The molecule has 5 nitrogen and oxygen atoms in total. The number of fused-ring (bicyclic) bond motifs is 5. The molecule has 0 aliphatic heterocycles. The number of rotatable bonds is 4. The van der Waals surface area contributed by atoms with Crippen LogP contribution in [0.3, 0.4) is 0 Å². The van der Waals surface area contributed by atoms with Crippen LogP contribution in [-0.4, -0.2) is 38.3 Å². The van der Waals surface area contributed by atoms with Gasteiger partial charge in [0.05, 0.1) is 6.42 Å². The molecule has 4 aliphatic rings. The zero-order valence-corrected chi connectivity index (χ0v) is 17.4. The Morgan fingerprint density at radius 3 is 2.39 bits per heavy atom. The van der Waals surface area contributed by atoms with E-state index in [0.717, 1.165) is 31.1 Å². The third-order valence-electron chi connectivity index (χ3n) is 9.95. The van der Waals surface area contributed by atoms with Crippen molar-refractivity contribution in [2.75, 3.05) is 0 Å². The van der Waals surface area contributed by atoms with Crippen LogP contribution in [0.2, 0.25) is 0 Å². The van der Waals surface area contributed by atoms with Crippen molar-refractivity contribution in [2.24, 2.45) is 40.4 Å². The molecule has 0 radical (unpaired) electrons. The molecule has 4 aliphatic carbocycles. The molecule has 4 rings (SSSR count). The lowest BCUT2D eigenvalue weighted by Crippen LogP contribution is -2.58. The maximum absolute atomic E-state index is 11.0. The van der Waals surface area contributed by atoms with Crippen LogP contribution >= 0.6 is 0 Å². The first-order valence-corrected chi connectivity index (χ1v) is 11.5. The number of hydrogen-bond acceptors (Lipinski definition) is 4. The van der Waals surface area contributed by atoms with E-state index in [4.69, 9.17) is 5.11 Å². The number of carbonyl (C=O) groups is 1. The van der Waals surface area contributed by atoms with Crippen molar-refractivity contribution in [3.05, 3.63) is 0 Å². The van der Waals surface area contributed by atoms with Crippen LogP contribution in [0.5, 0.6) is 0 Å². The number of hydrogen-bond donors (Lipinski definition) is 4. The van der Waals surface area contributed by atoms with Gasteiger partial charge in [0, 0.05) is 5.92 Å². The van der Waals surface area contributed by atoms with E-state index < -0.39 is 30.2 Å². The summed E-state index contributed by atoms with van der Waals surface area (Å²) in [6, 6.07) is 0. The zero-order chi connectivity index (χ0) is 20.3. The molecule has 0 spiro atoms. The average molecular weight is 395 g/mol. The first-order valence-electron chi connectivity index (χ1n) is 11.5. The van der Waals surface area contributed by atoms with E-state index >= 15 is 0 Å². The maximum Gasteiger partial charge on any atom is 0.306 e. The van der Waals surface area contributed by atoms with Gasteiger partial charge >= 0.3 is 5.97 Å². The largest absolute Gasteiger partial charge is 0.481 e. The smallest absolute Gasteiger partial charge is 0.306 e. The average Bonchev–Trinajstić information content (AvgIpc) is 2.98. The quantitative estimate of drug-likeness (QED) is 0.547. The van der Waals surface area contributed by atoms with Gasteiger partial charge in [0.15, 0.2) is 5.79 Å². The van der Waals surface area contributed by atoms with Gasteiger partial charge in [0.2, 0.25) is 0 Å². The predicted molar refractivity (Wildman–Crippen MR) is 105 cm³/mol. The van der Waals surface area contributed by atoms with Gasteiger partial charge in [-0.05, 0) is 85.9 Å². The van der Waals surface area contributed by atoms with E-state index in [1.54, 1.807) is 0 Å². The topological polar surface area (TPSA) is 98.0 Å². The van der Waals surface area contributed by atoms with Gasteiger partial charge in [-0.15, -0.1) is 0 Å². The fourth-order valence-corrected chi connectivity index (χ4v) is 8.54. The fraction of sp³-hybridized carbons (Fsp3) is 0.957. The standard InChI is InChI=1S/C23H38O5/c1-21-11-4-3-5-14(21)6-7-15-16-8-9-18(22(16,2)12-10-17(15)21)23(27,28)19(24)13-20(25)26/h14-19,24,27-28H,3-13H2,1-2H3,(H,25,26)/t14-,15-,16-,17-,18-,19?,21-,22-/m0/s1. The highest BCUT2D eigenvalue weighted by molar-refractivity contribution is 5.67. The van der Waals surface area contributed by atoms with E-state index in [1.807, 2.05) is 0 Å². The Hall–Kier alpha value is -0.650. The first-order chi connectivity index (χ1) is 13.1. The lowest BCUT2D eigenvalue weighted by Gasteiger charge is -2.61. The van der Waals surface area contributed by atoms with Crippen molar-refractivity contribution in [1.82, 2.24) is 0 Å². The van der Waals surface area contributed by atoms with Crippen molar-refractivity contribution in [3.8, 4) is 0 Å². The Morgan fingerprint density at radius 2 is 1.68 bits per heavy atom. The molecule has 0 bridgehead atoms. The van der Waals surface area contributed by atoms with Crippen LogP contribution < -0.4 is 0 Å². The SMILES string of the molecule is C[C@]12CCCC[C@H]1CC[C@@H]1[C@@H]2CC[C@]2(C)[C@@H](C(O)(O)C(O)CC(=O)O)CC[C@@H]12. The van der Waals surface area contributed by atoms with Gasteiger partial charge in [0.1, 0.15) is 6.10 Å². The second-order valence-electron chi connectivity index (χ2n) is 11.0. The van der Waals surface area contributed by atoms with Crippen molar-refractivity contribution in [1.29, 1.82) is 0 Å². The lowest BCUT2D eigenvalue weighted by atomic mass is 9.44. The summed E-state index contributed by atoms with van der Waals surface area (Å²) >= 11 is 0. The summed E-state index contributed by atoms with van der Waals surface area (Å²) in [5, 5.41) is 40.9. The summed E-state index contributed by atoms with van der Waals surface area (Å²) < 4.78 is 0. The Balaban J connectivity index is 1.57. The molecule has 8 atom stereocenters. The van der Waals surface area contributed by atoms with E-state index in [2.05, 4.69) is 13.8 Å². The normalized spacial score (nSPS) is 47.0. The second kappa shape index (κ2) is 6.95. The predicted octanol–water partition coefficient (Wildman–Crippen LogP) is 3.55. The summed E-state index contributed by atoms with van der Waals surface area (Å²) in [4.78, 5) is 11.0. The molecule has 0 amide bonds. The molecule has 0 aromatic heterocycles. The summed E-state index contributed by atoms with van der Waals surface area (Å²) in [5.41, 5.74) is 0.209. The van der Waals surface area contributed by atoms with Gasteiger partial charge in [-0.1, -0.05) is 26.7 Å². The first kappa shape index (κ1) is 20.6. The van der Waals surface area contributed by atoms with Crippen molar-refractivity contribution in [2.45, 2.75) is 96.4 Å². The molecule has 160 valence electrons. The van der Waals surface area contributed by atoms with Gasteiger partial charge in [-0.3, -0.25) is 4.79 Å². The van der Waals surface area contributed by atoms with Crippen molar-refractivity contribution in [3.63, 3.8) is 0 Å². The van der Waals surface area contributed by atoms with Crippen LogP contribution in [0.4, 0.5) is 0 Å². The third-order valence-corrected chi connectivity index (χ3v) is 9.95. The zero-order valence-electron chi connectivity index (χ0n) is 17.4. The Morgan fingerprint density at radius 1 is 0.964 bits per heavy atom. The van der Waals surface area contributed by atoms with Gasteiger partial charge in [-0.25, -0.2) is 0 Å². The monoisotopic (exact) mass is 394 g/mol. The van der Waals surface area contributed by atoms with Gasteiger partial charge in [0.25, 0.3) is 0 Å². The highest BCUT2D eigenvalue weighted by Gasteiger charge is 2.63. The minimum Gasteiger partial charge on any atom is -0.481 e. The summed E-state index contributed by atoms with van der Waals surface area (Å²) in [6.07, 6.45) is 9.43. The molecule has 0 saturated heterocycles. The Kier molecular flexibility index (Phi) is 5.12. The van der Waals surface area contributed by atoms with Crippen LogP contribution in [0.15, 0.2) is 0 Å². The number of aliphatic carboxylic acids is 1. The molecule has 1 unspecified atom stereocenters. The Bertz CT molecular complexity index is 618. The van der Waals surface area contributed by atoms with Crippen molar-refractivity contribution < 1.29 is 25.2 Å². The number of aliphatic hydroxyl groups excluding tert-OH is 1. The highest BCUT2D eigenvalue weighted by atomic mass is 16.5. The molecule has 4 saturated carbocycles. The highest BCUT2D eigenvalue weighted by Crippen LogP contribution is 2.68. The molecule has 0 aromatic carbocycles. The van der Waals surface area contributed by atoms with Gasteiger partial charge < -0.3 is 20.4 Å². The molecule has 0 aromatic rings. The van der Waals surface area contributed by atoms with E-state index in [9.17, 15) is 20.1 Å². The van der Waals surface area contributed by atoms with E-state index in [-0.39, 0.29) is 5.41 Å². The molecular weight excluding hydrogens is 356 g/mol. The van der Waals surface area contributed by atoms with Crippen LogP contribution in [0.25, 0.3) is 0 Å². The van der Waals surface area contributed by atoms with E-state index in [1.165, 1.54) is 38.5 Å². The van der Waals surface area contributed by atoms with Crippen LogP contribution in [-0.2, 0) is 4.79 Å². The number of carboxylic acids is 1.